The summed E-state index contributed by atoms with van der Waals surface area (Å²) in [6.07, 6.45) is 0.139. The van der Waals surface area contributed by atoms with E-state index in [1.54, 1.807) is 17.6 Å². The average Bonchev–Trinajstić information content (AvgIpc) is 3.10. The Balaban J connectivity index is 1.82. The van der Waals surface area contributed by atoms with Gasteiger partial charge in [-0.25, -0.2) is 9.78 Å². The summed E-state index contributed by atoms with van der Waals surface area (Å²) in [5.74, 6) is -0.867. The Hall–Kier alpha value is -2.99. The van der Waals surface area contributed by atoms with Crippen LogP contribution in [-0.2, 0) is 16.9 Å². The van der Waals surface area contributed by atoms with Crippen molar-refractivity contribution in [1.29, 1.82) is 0 Å². The number of benzene rings is 1. The van der Waals surface area contributed by atoms with Gasteiger partial charge in [-0.1, -0.05) is 25.1 Å². The average molecular weight is 334 g/mol. The lowest BCUT2D eigenvalue weighted by Crippen LogP contribution is -2.32. The third-order valence-corrected chi connectivity index (χ3v) is 5.12. The maximum Gasteiger partial charge on any atom is 0.348 e. The van der Waals surface area contributed by atoms with Crippen LogP contribution in [0, 0.1) is 0 Å². The molecule has 25 heavy (non-hydrogen) atoms. The number of pyridine rings is 2. The number of ether oxygens (including phenoxy) is 1. The van der Waals surface area contributed by atoms with Crippen LogP contribution < -0.4 is 10.3 Å². The number of nitrogens with zero attached hydrogens (tertiary/aromatic N) is 2. The second-order valence-corrected chi connectivity index (χ2v) is 6.46. The number of aliphatic hydroxyl groups is 1. The van der Waals surface area contributed by atoms with Crippen LogP contribution in [0.3, 0.4) is 0 Å². The summed E-state index contributed by atoms with van der Waals surface area (Å²) in [6, 6.07) is 11.4. The van der Waals surface area contributed by atoms with Gasteiger partial charge in [-0.15, -0.1) is 0 Å². The van der Waals surface area contributed by atoms with E-state index in [9.17, 15) is 14.7 Å². The van der Waals surface area contributed by atoms with Gasteiger partial charge >= 0.3 is 5.97 Å². The minimum absolute atomic E-state index is 0.0736. The van der Waals surface area contributed by atoms with E-state index in [0.29, 0.717) is 17.9 Å². The Kier molecular flexibility index (Phi) is 2.61. The van der Waals surface area contributed by atoms with Crippen molar-refractivity contribution in [2.45, 2.75) is 25.5 Å². The molecule has 6 heteroatoms. The highest BCUT2D eigenvalue weighted by Crippen LogP contribution is 2.42. The van der Waals surface area contributed by atoms with Crippen molar-refractivity contribution in [3.8, 4) is 17.1 Å². The summed E-state index contributed by atoms with van der Waals surface area (Å²) in [4.78, 5) is 29.5. The summed E-state index contributed by atoms with van der Waals surface area (Å²) in [5.41, 5.74) is 1.13. The SMILES string of the molecule is CCC1(O)C(=O)Oc2c1cc1n(c2=O)Cc2cc3ccccc3nc2-1. The minimum atomic E-state index is -1.77. The zero-order valence-corrected chi connectivity index (χ0v) is 13.4. The van der Waals surface area contributed by atoms with Crippen molar-refractivity contribution < 1.29 is 14.6 Å². The summed E-state index contributed by atoms with van der Waals surface area (Å²) in [6.45, 7) is 2.05. The maximum atomic E-state index is 12.8. The number of carbonyl (C=O) groups is 1. The molecule has 0 bridgehead atoms. The Morgan fingerprint density at radius 2 is 2.08 bits per heavy atom. The fourth-order valence-electron chi connectivity index (χ4n) is 3.68. The fraction of sp³-hybridized carbons (Fsp3) is 0.211. The molecule has 2 aliphatic rings. The zero-order valence-electron chi connectivity index (χ0n) is 13.4. The van der Waals surface area contributed by atoms with Crippen LogP contribution in [0.4, 0.5) is 0 Å². The Morgan fingerprint density at radius 3 is 2.88 bits per heavy atom. The normalized spacial score (nSPS) is 20.3. The molecule has 0 saturated carbocycles. The lowest BCUT2D eigenvalue weighted by molar-refractivity contribution is -0.152. The van der Waals surface area contributed by atoms with Crippen molar-refractivity contribution >= 4 is 16.9 Å². The molecule has 1 aromatic carbocycles. The third kappa shape index (κ3) is 1.69. The lowest BCUT2D eigenvalue weighted by atomic mass is 9.92. The fourth-order valence-corrected chi connectivity index (χ4v) is 3.68. The van der Waals surface area contributed by atoms with Crippen LogP contribution in [0.25, 0.3) is 22.3 Å². The van der Waals surface area contributed by atoms with E-state index in [-0.39, 0.29) is 17.7 Å². The van der Waals surface area contributed by atoms with Crippen LogP contribution in [-0.4, -0.2) is 20.6 Å². The quantitative estimate of drug-likeness (QED) is 0.538. The minimum Gasteiger partial charge on any atom is -0.418 e. The summed E-state index contributed by atoms with van der Waals surface area (Å²) in [7, 11) is 0. The van der Waals surface area contributed by atoms with E-state index in [2.05, 4.69) is 4.98 Å². The number of rotatable bonds is 1. The zero-order chi connectivity index (χ0) is 17.3. The van der Waals surface area contributed by atoms with Crippen LogP contribution in [0.2, 0.25) is 0 Å². The molecular formula is C19H14N2O4. The van der Waals surface area contributed by atoms with Gasteiger partial charge in [-0.2, -0.15) is 0 Å². The monoisotopic (exact) mass is 334 g/mol. The second kappa shape index (κ2) is 4.55. The molecule has 124 valence electrons. The van der Waals surface area contributed by atoms with E-state index in [4.69, 9.17) is 4.74 Å². The summed E-state index contributed by atoms with van der Waals surface area (Å²) < 4.78 is 6.65. The van der Waals surface area contributed by atoms with Gasteiger partial charge in [0.1, 0.15) is 0 Å². The molecule has 0 aliphatic carbocycles. The molecule has 0 fully saturated rings. The maximum absolute atomic E-state index is 12.8. The van der Waals surface area contributed by atoms with Gasteiger partial charge in [0.05, 0.1) is 23.4 Å². The third-order valence-electron chi connectivity index (χ3n) is 5.12. The van der Waals surface area contributed by atoms with Crippen LogP contribution in [0.1, 0.15) is 24.5 Å². The largest absolute Gasteiger partial charge is 0.418 e. The molecule has 3 aromatic rings. The standard InChI is InChI=1S/C19H14N2O4/c1-2-19(24)12-8-14-15-11(7-10-5-3-4-6-13(10)20-15)9-21(14)17(22)16(12)25-18(19)23/h3-8,24H,2,9H2,1H3. The van der Waals surface area contributed by atoms with Crippen molar-refractivity contribution in [2.24, 2.45) is 0 Å². The van der Waals surface area contributed by atoms with Gasteiger partial charge in [0.2, 0.25) is 5.75 Å². The van der Waals surface area contributed by atoms with E-state index in [0.717, 1.165) is 16.5 Å². The molecule has 4 heterocycles. The van der Waals surface area contributed by atoms with Crippen molar-refractivity contribution in [3.05, 3.63) is 57.9 Å². The van der Waals surface area contributed by atoms with Crippen LogP contribution >= 0.6 is 0 Å². The van der Waals surface area contributed by atoms with Crippen LogP contribution in [0.5, 0.6) is 5.75 Å². The molecule has 2 aromatic heterocycles. The Morgan fingerprint density at radius 1 is 1.28 bits per heavy atom. The Bertz CT molecular complexity index is 1150. The van der Waals surface area contributed by atoms with Crippen LogP contribution in [0.15, 0.2) is 41.2 Å². The number of hydrogen-bond donors (Lipinski definition) is 1. The first-order chi connectivity index (χ1) is 12.0. The van der Waals surface area contributed by atoms with Crippen molar-refractivity contribution in [2.75, 3.05) is 0 Å². The van der Waals surface area contributed by atoms with Gasteiger partial charge in [-0.05, 0) is 24.6 Å². The molecule has 1 N–H and O–H groups in total. The number of aromatic nitrogens is 2. The number of para-hydroxylation sites is 1. The molecule has 0 radical (unpaired) electrons. The summed E-state index contributed by atoms with van der Waals surface area (Å²) >= 11 is 0. The highest BCUT2D eigenvalue weighted by atomic mass is 16.6. The van der Waals surface area contributed by atoms with Gasteiger partial charge < -0.3 is 9.84 Å². The molecule has 5 rings (SSSR count). The smallest absolute Gasteiger partial charge is 0.348 e. The molecular weight excluding hydrogens is 320 g/mol. The molecule has 0 spiro atoms. The number of esters is 1. The van der Waals surface area contributed by atoms with E-state index in [1.165, 1.54) is 0 Å². The number of carbonyl (C=O) groups excluding carboxylic acids is 1. The molecule has 0 amide bonds. The number of fused-ring (bicyclic) bond motifs is 5. The van der Waals surface area contributed by atoms with Gasteiger partial charge in [-0.3, -0.25) is 9.36 Å². The first kappa shape index (κ1) is 14.4. The van der Waals surface area contributed by atoms with E-state index in [1.807, 2.05) is 30.3 Å². The number of hydrogen-bond acceptors (Lipinski definition) is 5. The van der Waals surface area contributed by atoms with Gasteiger partial charge in [0, 0.05) is 16.5 Å². The first-order valence-electron chi connectivity index (χ1n) is 8.15. The highest BCUT2D eigenvalue weighted by Gasteiger charge is 2.49. The molecule has 6 nitrogen and oxygen atoms in total. The highest BCUT2D eigenvalue weighted by molar-refractivity contribution is 5.90. The van der Waals surface area contributed by atoms with Crippen molar-refractivity contribution in [3.63, 3.8) is 0 Å². The first-order valence-corrected chi connectivity index (χ1v) is 8.15. The van der Waals surface area contributed by atoms with Gasteiger partial charge in [0.15, 0.2) is 5.60 Å². The molecule has 2 aliphatic heterocycles. The Labute approximate surface area is 142 Å². The topological polar surface area (TPSA) is 81.4 Å². The molecule has 0 saturated heterocycles. The predicted molar refractivity (Wildman–Crippen MR) is 90.4 cm³/mol. The van der Waals surface area contributed by atoms with E-state index >= 15 is 0 Å². The predicted octanol–water partition coefficient (Wildman–Crippen LogP) is 1.94. The summed E-state index contributed by atoms with van der Waals surface area (Å²) in [5, 5.41) is 11.7. The van der Waals surface area contributed by atoms with Gasteiger partial charge in [0.25, 0.3) is 5.56 Å². The molecule has 1 atom stereocenters. The molecule has 1 unspecified atom stereocenters. The lowest BCUT2D eigenvalue weighted by Gasteiger charge is -2.16. The second-order valence-electron chi connectivity index (χ2n) is 6.46. The van der Waals surface area contributed by atoms with E-state index < -0.39 is 17.1 Å². The van der Waals surface area contributed by atoms with Crippen molar-refractivity contribution in [1.82, 2.24) is 9.55 Å².